The minimum Gasteiger partial charge on any atom is -0.379 e. The van der Waals surface area contributed by atoms with Crippen LogP contribution >= 0.6 is 0 Å². The second-order valence-electron chi connectivity index (χ2n) is 10.2. The molecular weight excluding hydrogens is 529 g/mol. The summed E-state index contributed by atoms with van der Waals surface area (Å²) in [6, 6.07) is 5.19. The van der Waals surface area contributed by atoms with Crippen molar-refractivity contribution in [3.63, 3.8) is 0 Å². The fourth-order valence-corrected chi connectivity index (χ4v) is 5.43. The van der Waals surface area contributed by atoms with Crippen LogP contribution in [0.1, 0.15) is 21.5 Å². The summed E-state index contributed by atoms with van der Waals surface area (Å²) < 4.78 is 25.3. The Morgan fingerprint density at radius 2 is 1.73 bits per heavy atom. The number of hydrogen-bond donors (Lipinski definition) is 2. The van der Waals surface area contributed by atoms with Gasteiger partial charge in [0.15, 0.2) is 0 Å². The third kappa shape index (κ3) is 5.92. The highest BCUT2D eigenvalue weighted by atomic mass is 19.1. The maximum absolute atomic E-state index is 14.4. The molecule has 1 aromatic carbocycles. The lowest BCUT2D eigenvalue weighted by atomic mass is 10.1. The second-order valence-corrected chi connectivity index (χ2v) is 10.2. The molecule has 0 unspecified atom stereocenters. The van der Waals surface area contributed by atoms with E-state index in [2.05, 4.69) is 25.1 Å². The van der Waals surface area contributed by atoms with Gasteiger partial charge in [-0.2, -0.15) is 4.98 Å². The van der Waals surface area contributed by atoms with Gasteiger partial charge < -0.3 is 30.3 Å². The minimum atomic E-state index is -0.712. The van der Waals surface area contributed by atoms with E-state index in [1.54, 1.807) is 24.5 Å². The average Bonchev–Trinajstić information content (AvgIpc) is 3.45. The molecule has 2 saturated heterocycles. The third-order valence-corrected chi connectivity index (χ3v) is 7.65. The molecule has 13 heteroatoms. The number of alkyl halides is 1. The van der Waals surface area contributed by atoms with Crippen molar-refractivity contribution < 1.29 is 18.7 Å². The van der Waals surface area contributed by atoms with E-state index in [9.17, 15) is 9.18 Å². The van der Waals surface area contributed by atoms with Crippen molar-refractivity contribution in [3.05, 3.63) is 47.3 Å². The molecule has 2 aromatic heterocycles. The first-order valence-electron chi connectivity index (χ1n) is 14.0. The van der Waals surface area contributed by atoms with Crippen molar-refractivity contribution in [2.75, 3.05) is 87.8 Å². The third-order valence-electron chi connectivity index (χ3n) is 7.65. The lowest BCUT2D eigenvalue weighted by molar-refractivity contribution is 0.0383. The van der Waals surface area contributed by atoms with Crippen molar-refractivity contribution in [2.24, 2.45) is 0 Å². The highest BCUT2D eigenvalue weighted by Crippen LogP contribution is 2.40. The zero-order valence-corrected chi connectivity index (χ0v) is 22.9. The SMILES string of the molecule is Nc1ncc(-c2nc(N3CCOCC3)nc3c2CCN3c2ccc(C(=O)NCCN3CCOCC3)cc2CF)cn1. The van der Waals surface area contributed by atoms with Crippen LogP contribution < -0.4 is 20.9 Å². The number of morpholine rings is 2. The van der Waals surface area contributed by atoms with Crippen LogP contribution in [0.5, 0.6) is 0 Å². The number of ether oxygens (including phenoxy) is 2. The first kappa shape index (κ1) is 27.2. The van der Waals surface area contributed by atoms with Gasteiger partial charge >= 0.3 is 0 Å². The maximum Gasteiger partial charge on any atom is 0.251 e. The first-order valence-corrected chi connectivity index (χ1v) is 14.0. The molecule has 2 fully saturated rings. The van der Waals surface area contributed by atoms with Crippen LogP contribution in [-0.2, 0) is 22.6 Å². The number of nitrogens with one attached hydrogen (secondary N) is 1. The summed E-state index contributed by atoms with van der Waals surface area (Å²) in [5.41, 5.74) is 9.69. The molecule has 0 saturated carbocycles. The minimum absolute atomic E-state index is 0.187. The Balaban J connectivity index is 1.27. The summed E-state index contributed by atoms with van der Waals surface area (Å²) in [6.07, 6.45) is 3.99. The van der Waals surface area contributed by atoms with Crippen molar-refractivity contribution in [1.29, 1.82) is 0 Å². The van der Waals surface area contributed by atoms with E-state index in [1.165, 1.54) is 0 Å². The lowest BCUT2D eigenvalue weighted by Gasteiger charge is -2.29. The number of carbonyl (C=O) groups excluding carboxylic acids is 1. The van der Waals surface area contributed by atoms with Crippen molar-refractivity contribution in [1.82, 2.24) is 30.2 Å². The molecule has 6 rings (SSSR count). The van der Waals surface area contributed by atoms with Crippen molar-refractivity contribution >= 4 is 29.3 Å². The highest BCUT2D eigenvalue weighted by molar-refractivity contribution is 5.95. The maximum atomic E-state index is 14.4. The number of fused-ring (bicyclic) bond motifs is 1. The Bertz CT molecular complexity index is 1380. The van der Waals surface area contributed by atoms with Gasteiger partial charge in [0.25, 0.3) is 5.91 Å². The van der Waals surface area contributed by atoms with Crippen LogP contribution in [0.25, 0.3) is 11.3 Å². The molecular formula is C28H34FN9O3. The molecule has 0 radical (unpaired) electrons. The second kappa shape index (κ2) is 12.3. The molecule has 5 heterocycles. The molecule has 216 valence electrons. The number of rotatable bonds is 8. The van der Waals surface area contributed by atoms with E-state index in [0.717, 1.165) is 36.5 Å². The van der Waals surface area contributed by atoms with Crippen LogP contribution in [0, 0.1) is 0 Å². The van der Waals surface area contributed by atoms with Crippen LogP contribution in [0.3, 0.4) is 0 Å². The topological polar surface area (TPSA) is 135 Å². The number of halogens is 1. The fourth-order valence-electron chi connectivity index (χ4n) is 5.43. The zero-order valence-electron chi connectivity index (χ0n) is 22.9. The molecule has 3 aliphatic rings. The van der Waals surface area contributed by atoms with Crippen LogP contribution in [-0.4, -0.2) is 103 Å². The average molecular weight is 564 g/mol. The molecule has 3 aromatic rings. The van der Waals surface area contributed by atoms with Crippen LogP contribution in [0.15, 0.2) is 30.6 Å². The predicted octanol–water partition coefficient (Wildman–Crippen LogP) is 1.58. The summed E-state index contributed by atoms with van der Waals surface area (Å²) in [4.78, 5) is 37.4. The highest BCUT2D eigenvalue weighted by Gasteiger charge is 2.30. The predicted molar refractivity (Wildman–Crippen MR) is 152 cm³/mol. The van der Waals surface area contributed by atoms with E-state index in [1.807, 2.05) is 11.0 Å². The van der Waals surface area contributed by atoms with Gasteiger partial charge in [-0.3, -0.25) is 9.69 Å². The summed E-state index contributed by atoms with van der Waals surface area (Å²) in [7, 11) is 0. The first-order chi connectivity index (χ1) is 20.1. The Morgan fingerprint density at radius 3 is 2.46 bits per heavy atom. The number of hydrogen-bond acceptors (Lipinski definition) is 11. The molecule has 3 aliphatic heterocycles. The number of nitrogens with zero attached hydrogens (tertiary/aromatic N) is 7. The van der Waals surface area contributed by atoms with Gasteiger partial charge in [-0.05, 0) is 24.6 Å². The monoisotopic (exact) mass is 563 g/mol. The molecule has 0 atom stereocenters. The van der Waals surface area contributed by atoms with Gasteiger partial charge in [0, 0.05) is 86.1 Å². The fraction of sp³-hybridized carbons (Fsp3) is 0.464. The van der Waals surface area contributed by atoms with Gasteiger partial charge in [-0.25, -0.2) is 19.3 Å². The standard InChI is InChI=1S/C28H34FN9O3/c29-16-20-15-19(26(39)31-4-6-36-7-11-40-12-8-36)1-2-23(20)38-5-3-22-24(21-17-32-27(30)33-18-21)34-28(35-25(22)38)37-9-13-41-14-10-37/h1-2,15,17-18H,3-14,16H2,(H,31,39)(H2,30,32,33). The Kier molecular flexibility index (Phi) is 8.16. The van der Waals surface area contributed by atoms with E-state index in [0.29, 0.717) is 87.6 Å². The van der Waals surface area contributed by atoms with Gasteiger partial charge in [0.05, 0.1) is 32.1 Å². The largest absolute Gasteiger partial charge is 0.379 e. The number of anilines is 4. The van der Waals surface area contributed by atoms with E-state index in [4.69, 9.17) is 25.2 Å². The smallest absolute Gasteiger partial charge is 0.251 e. The molecule has 1 amide bonds. The Hall–Kier alpha value is -3.94. The number of amides is 1. The molecule has 41 heavy (non-hydrogen) atoms. The van der Waals surface area contributed by atoms with Gasteiger partial charge in [0.1, 0.15) is 12.5 Å². The number of nitrogen functional groups attached to an aromatic ring is 1. The number of nitrogens with two attached hydrogens (primary N) is 1. The van der Waals surface area contributed by atoms with Crippen LogP contribution in [0.4, 0.5) is 27.8 Å². The van der Waals surface area contributed by atoms with Gasteiger partial charge in [-0.15, -0.1) is 0 Å². The summed E-state index contributed by atoms with van der Waals surface area (Å²) in [5, 5.41) is 2.96. The molecule has 3 N–H and O–H groups in total. The number of aromatic nitrogens is 4. The normalized spacial score (nSPS) is 17.5. The van der Waals surface area contributed by atoms with Crippen molar-refractivity contribution in [2.45, 2.75) is 13.1 Å². The number of benzene rings is 1. The van der Waals surface area contributed by atoms with E-state index in [-0.39, 0.29) is 11.9 Å². The molecule has 0 bridgehead atoms. The zero-order chi connectivity index (χ0) is 28.2. The summed E-state index contributed by atoms with van der Waals surface area (Å²) in [5.74, 6) is 1.26. The summed E-state index contributed by atoms with van der Waals surface area (Å²) >= 11 is 0. The lowest BCUT2D eigenvalue weighted by Crippen LogP contribution is -2.41. The van der Waals surface area contributed by atoms with Crippen LogP contribution in [0.2, 0.25) is 0 Å². The molecule has 0 spiro atoms. The quantitative estimate of drug-likeness (QED) is 0.414. The molecule has 0 aliphatic carbocycles. The summed E-state index contributed by atoms with van der Waals surface area (Å²) in [6.45, 7) is 6.81. The van der Waals surface area contributed by atoms with E-state index >= 15 is 0 Å². The van der Waals surface area contributed by atoms with E-state index < -0.39 is 6.67 Å². The molecule has 12 nitrogen and oxygen atoms in total. The van der Waals surface area contributed by atoms with Gasteiger partial charge in [0.2, 0.25) is 11.9 Å². The number of carbonyl (C=O) groups is 1. The Morgan fingerprint density at radius 1 is 1.00 bits per heavy atom. The Labute approximate surface area is 237 Å². The van der Waals surface area contributed by atoms with Gasteiger partial charge in [-0.1, -0.05) is 0 Å². The van der Waals surface area contributed by atoms with Crippen molar-refractivity contribution in [3.8, 4) is 11.3 Å².